The van der Waals surface area contributed by atoms with E-state index >= 15 is 0 Å². The van der Waals surface area contributed by atoms with Crippen molar-refractivity contribution in [1.29, 1.82) is 0 Å². The van der Waals surface area contributed by atoms with E-state index in [9.17, 15) is 9.59 Å². The summed E-state index contributed by atoms with van der Waals surface area (Å²) in [5.41, 5.74) is 0. The second kappa shape index (κ2) is 13.2. The smallest absolute Gasteiger partial charge is 1.00 e. The van der Waals surface area contributed by atoms with Crippen LogP contribution in [0, 0.1) is 0 Å². The van der Waals surface area contributed by atoms with Crippen molar-refractivity contribution in [2.75, 3.05) is 0 Å². The molecule has 8 heteroatoms. The van der Waals surface area contributed by atoms with Crippen LogP contribution in [0.4, 0.5) is 0 Å². The van der Waals surface area contributed by atoms with Gasteiger partial charge in [0.15, 0.2) is 0 Å². The summed E-state index contributed by atoms with van der Waals surface area (Å²) in [6.07, 6.45) is -0.0776. The van der Waals surface area contributed by atoms with Crippen LogP contribution in [-0.4, -0.2) is 87.4 Å². The molecule has 0 saturated carbocycles. The van der Waals surface area contributed by atoms with Crippen LogP contribution in [0.25, 0.3) is 0 Å². The molecule has 0 spiro atoms. The first-order valence-corrected chi connectivity index (χ1v) is 3.12. The van der Waals surface area contributed by atoms with Crippen LogP contribution in [0.3, 0.4) is 0 Å². The maximum Gasteiger partial charge on any atom is 2.00 e. The third kappa shape index (κ3) is 12.2. The number of carbonyl (C=O) groups excluding carboxylic acids is 2. The van der Waals surface area contributed by atoms with Crippen molar-refractivity contribution in [1.82, 2.24) is 0 Å². The fraction of sp³-hybridized carbons (Fsp3) is 0.500. The molecule has 0 heterocycles. The van der Waals surface area contributed by atoms with Gasteiger partial charge in [-0.3, -0.25) is 9.59 Å². The standard InChI is InChI=1S/C4H6O4S2.2Ca.4H/c5-3(7-9)1-2-4(6)8-10;;;;;;/h9-10H,1-2H2;;;;;;/q;2*+2;4*-1. The van der Waals surface area contributed by atoms with E-state index in [4.69, 9.17) is 0 Å². The van der Waals surface area contributed by atoms with Gasteiger partial charge >= 0.3 is 87.4 Å². The van der Waals surface area contributed by atoms with Crippen molar-refractivity contribution in [3.63, 3.8) is 0 Å². The summed E-state index contributed by atoms with van der Waals surface area (Å²) < 4.78 is 7.94. The van der Waals surface area contributed by atoms with E-state index < -0.39 is 11.9 Å². The molecule has 0 aromatic carbocycles. The van der Waals surface area contributed by atoms with Gasteiger partial charge in [-0.15, -0.1) is 0 Å². The Hall–Kier alpha value is 2.16. The Morgan fingerprint density at radius 1 is 1.00 bits per heavy atom. The predicted octanol–water partition coefficient (Wildman–Crippen LogP) is 0.231. The van der Waals surface area contributed by atoms with Gasteiger partial charge in [-0.25, -0.2) is 0 Å². The van der Waals surface area contributed by atoms with Crippen LogP contribution in [-0.2, 0) is 18.0 Å². The zero-order valence-corrected chi connectivity index (χ0v) is 12.6. The topological polar surface area (TPSA) is 52.6 Å². The van der Waals surface area contributed by atoms with Crippen LogP contribution in [0.5, 0.6) is 0 Å². The summed E-state index contributed by atoms with van der Waals surface area (Å²) in [4.78, 5) is 20.6. The molecule has 0 aromatic rings. The third-order valence-corrected chi connectivity index (χ3v) is 1.14. The molecule has 0 bridgehead atoms. The number of hydrogen-bond donors (Lipinski definition) is 2. The van der Waals surface area contributed by atoms with Gasteiger partial charge in [0.05, 0.1) is 12.8 Å². The van der Waals surface area contributed by atoms with Gasteiger partial charge in [-0.1, -0.05) is 0 Å². The van der Waals surface area contributed by atoms with Crippen LogP contribution in [0.1, 0.15) is 18.5 Å². The monoisotopic (exact) mass is 266 g/mol. The molecule has 0 N–H and O–H groups in total. The van der Waals surface area contributed by atoms with Crippen LogP contribution in [0.2, 0.25) is 0 Å². The third-order valence-electron chi connectivity index (χ3n) is 0.737. The van der Waals surface area contributed by atoms with Crippen LogP contribution in [0.15, 0.2) is 0 Å². The molecule has 0 aliphatic rings. The summed E-state index contributed by atoms with van der Waals surface area (Å²) in [5, 5.41) is 0. The molecule has 0 rings (SSSR count). The molecule has 0 radical (unpaired) electrons. The zero-order chi connectivity index (χ0) is 7.98. The largest absolute Gasteiger partial charge is 2.00 e. The number of thiol groups is 2. The molecule has 0 atom stereocenters. The molecule has 0 aliphatic carbocycles. The van der Waals surface area contributed by atoms with Gasteiger partial charge in [0, 0.05) is 25.8 Å². The minimum atomic E-state index is -0.568. The molecular weight excluding hydrogens is 256 g/mol. The van der Waals surface area contributed by atoms with Gasteiger partial charge in [0.25, 0.3) is 0 Å². The Balaban J connectivity index is -0.0000000270. The van der Waals surface area contributed by atoms with Crippen molar-refractivity contribution in [2.24, 2.45) is 0 Å². The molecule has 0 unspecified atom stereocenters. The Labute approximate surface area is 147 Å². The Morgan fingerprint density at radius 2 is 1.25 bits per heavy atom. The Morgan fingerprint density at radius 3 is 1.42 bits per heavy atom. The Bertz CT molecular complexity index is 140. The average molecular weight is 266 g/mol. The fourth-order valence-corrected chi connectivity index (χ4v) is 0.478. The number of hydrogen-bond acceptors (Lipinski definition) is 6. The quantitative estimate of drug-likeness (QED) is 0.436. The van der Waals surface area contributed by atoms with E-state index in [1.54, 1.807) is 0 Å². The molecule has 0 fully saturated rings. The summed E-state index contributed by atoms with van der Waals surface area (Å²) in [7, 11) is 0. The minimum Gasteiger partial charge on any atom is -1.00 e. The van der Waals surface area contributed by atoms with Crippen LogP contribution < -0.4 is 0 Å². The number of rotatable bonds is 3. The normalized spacial score (nSPS) is 7.17. The second-order valence-electron chi connectivity index (χ2n) is 1.43. The molecule has 66 valence electrons. The first kappa shape index (κ1) is 19.7. The van der Waals surface area contributed by atoms with E-state index in [2.05, 4.69) is 34.2 Å². The van der Waals surface area contributed by atoms with Gasteiger partial charge < -0.3 is 14.1 Å². The number of carbonyl (C=O) groups is 2. The van der Waals surface area contributed by atoms with E-state index in [1.807, 2.05) is 0 Å². The molecule has 4 nitrogen and oxygen atoms in total. The predicted molar refractivity (Wildman–Crippen MR) is 55.3 cm³/mol. The van der Waals surface area contributed by atoms with Gasteiger partial charge in [0.2, 0.25) is 0 Å². The van der Waals surface area contributed by atoms with Crippen molar-refractivity contribution in [3.8, 4) is 0 Å². The van der Waals surface area contributed by atoms with Crippen molar-refractivity contribution >= 4 is 113 Å². The van der Waals surface area contributed by atoms with Crippen molar-refractivity contribution in [2.45, 2.75) is 12.8 Å². The summed E-state index contributed by atoms with van der Waals surface area (Å²) >= 11 is 6.45. The van der Waals surface area contributed by atoms with Gasteiger partial charge in [-0.05, 0) is 0 Å². The first-order chi connectivity index (χ1) is 4.70. The van der Waals surface area contributed by atoms with Crippen LogP contribution >= 0.6 is 25.8 Å². The van der Waals surface area contributed by atoms with E-state index in [0.29, 0.717) is 0 Å². The molecule has 0 amide bonds. The zero-order valence-electron chi connectivity index (χ0n) is 10.4. The minimum absolute atomic E-state index is 0. The molecule has 0 aliphatic heterocycles. The fourth-order valence-electron chi connectivity index (χ4n) is 0.295. The van der Waals surface area contributed by atoms with Crippen molar-refractivity contribution in [3.05, 3.63) is 0 Å². The maximum absolute atomic E-state index is 10.3. The average Bonchev–Trinajstić information content (AvgIpc) is 1.99. The van der Waals surface area contributed by atoms with Gasteiger partial charge in [-0.2, -0.15) is 0 Å². The van der Waals surface area contributed by atoms with E-state index in [1.165, 1.54) is 0 Å². The summed E-state index contributed by atoms with van der Waals surface area (Å²) in [6.45, 7) is 0. The van der Waals surface area contributed by atoms with E-state index in [0.717, 1.165) is 0 Å². The first-order valence-electron chi connectivity index (χ1n) is 2.39. The SMILES string of the molecule is O=C(CCC(=O)OS)OS.[Ca+2].[Ca+2].[H-].[H-].[H-].[H-]. The molecule has 0 saturated heterocycles. The molecular formula is C4H10Ca2O4S2. The second-order valence-corrected chi connectivity index (χ2v) is 1.79. The summed E-state index contributed by atoms with van der Waals surface area (Å²) in [5.74, 6) is -1.14. The van der Waals surface area contributed by atoms with E-state index in [-0.39, 0.29) is 94.0 Å². The van der Waals surface area contributed by atoms with Crippen molar-refractivity contribution < 1.29 is 23.7 Å². The molecule has 0 aromatic heterocycles. The summed E-state index contributed by atoms with van der Waals surface area (Å²) in [6, 6.07) is 0. The van der Waals surface area contributed by atoms with Gasteiger partial charge in [0.1, 0.15) is 0 Å². The maximum atomic E-state index is 10.3. The Kier molecular flexibility index (Phi) is 21.6. The molecule has 12 heavy (non-hydrogen) atoms.